The molecule has 1 atom stereocenters. The van der Waals surface area contributed by atoms with Crippen LogP contribution in [0.15, 0.2) is 42.6 Å². The van der Waals surface area contributed by atoms with Gasteiger partial charge in [-0.1, -0.05) is 17.7 Å². The molecule has 3 heterocycles. The molecule has 0 radical (unpaired) electrons. The smallest absolute Gasteiger partial charge is 0.213 e. The molecule has 1 unspecified atom stereocenters. The number of halogens is 1. The number of nitrogens with zero attached hydrogens (tertiary/aromatic N) is 4. The van der Waals surface area contributed by atoms with Crippen LogP contribution in [0.3, 0.4) is 0 Å². The number of ether oxygens (including phenoxy) is 3. The van der Waals surface area contributed by atoms with Crippen LogP contribution >= 0.6 is 11.6 Å². The SMILES string of the molecule is COCCOC1Cc2cc(Cl)ccc2-n2c(nnc2C2CCC(Oc3ccccn3)CC2)C1. The number of hydrogen-bond acceptors (Lipinski definition) is 6. The minimum atomic E-state index is 0.0122. The molecule has 174 valence electrons. The van der Waals surface area contributed by atoms with Gasteiger partial charge in [0.05, 0.1) is 25.0 Å². The third-order valence-corrected chi connectivity index (χ3v) is 6.74. The molecule has 1 aliphatic carbocycles. The first-order valence-corrected chi connectivity index (χ1v) is 12.0. The highest BCUT2D eigenvalue weighted by molar-refractivity contribution is 6.30. The van der Waals surface area contributed by atoms with Crippen LogP contribution in [0.2, 0.25) is 5.02 Å². The first-order chi connectivity index (χ1) is 16.2. The zero-order chi connectivity index (χ0) is 22.6. The Morgan fingerprint density at radius 3 is 2.67 bits per heavy atom. The molecule has 1 aromatic carbocycles. The molecule has 5 rings (SSSR count). The van der Waals surface area contributed by atoms with Crippen LogP contribution in [0.4, 0.5) is 0 Å². The van der Waals surface area contributed by atoms with E-state index in [0.717, 1.165) is 60.0 Å². The lowest BCUT2D eigenvalue weighted by Crippen LogP contribution is -2.25. The number of aromatic nitrogens is 4. The lowest BCUT2D eigenvalue weighted by molar-refractivity contribution is 0.0175. The zero-order valence-corrected chi connectivity index (χ0v) is 19.6. The first kappa shape index (κ1) is 22.3. The Balaban J connectivity index is 1.36. The molecule has 1 fully saturated rings. The molecule has 33 heavy (non-hydrogen) atoms. The molecule has 0 saturated heterocycles. The standard InChI is InChI=1S/C25H29ClN4O3/c1-31-12-13-32-21-15-18-14-19(26)7-10-22(18)30-23(16-21)28-29-25(30)17-5-8-20(9-6-17)33-24-4-2-3-11-27-24/h2-4,7,10-11,14,17,20-21H,5-6,8-9,12-13,15-16H2,1H3. The second-order valence-corrected chi connectivity index (χ2v) is 9.17. The summed E-state index contributed by atoms with van der Waals surface area (Å²) in [6.07, 6.45) is 7.42. The summed E-state index contributed by atoms with van der Waals surface area (Å²) < 4.78 is 19.6. The van der Waals surface area contributed by atoms with Crippen molar-refractivity contribution in [3.63, 3.8) is 0 Å². The van der Waals surface area contributed by atoms with Gasteiger partial charge < -0.3 is 14.2 Å². The van der Waals surface area contributed by atoms with Crippen molar-refractivity contribution in [3.05, 3.63) is 64.8 Å². The molecule has 8 heteroatoms. The van der Waals surface area contributed by atoms with Gasteiger partial charge in [0.2, 0.25) is 5.88 Å². The molecular formula is C25H29ClN4O3. The summed E-state index contributed by atoms with van der Waals surface area (Å²) in [4.78, 5) is 4.30. The zero-order valence-electron chi connectivity index (χ0n) is 18.8. The first-order valence-electron chi connectivity index (χ1n) is 11.6. The molecule has 0 spiro atoms. The van der Waals surface area contributed by atoms with Crippen molar-refractivity contribution in [2.24, 2.45) is 0 Å². The molecule has 0 N–H and O–H groups in total. The third-order valence-electron chi connectivity index (χ3n) is 6.50. The van der Waals surface area contributed by atoms with Gasteiger partial charge in [-0.2, -0.15) is 0 Å². The van der Waals surface area contributed by atoms with Gasteiger partial charge in [0, 0.05) is 43.2 Å². The van der Waals surface area contributed by atoms with Crippen LogP contribution in [-0.4, -0.2) is 52.3 Å². The number of fused-ring (bicyclic) bond motifs is 3. The van der Waals surface area contributed by atoms with Crippen LogP contribution in [-0.2, 0) is 22.3 Å². The van der Waals surface area contributed by atoms with Crippen molar-refractivity contribution in [3.8, 4) is 11.6 Å². The highest BCUT2D eigenvalue weighted by atomic mass is 35.5. The van der Waals surface area contributed by atoms with Crippen LogP contribution in [0.5, 0.6) is 5.88 Å². The fraction of sp³-hybridized carbons (Fsp3) is 0.480. The Hall–Kier alpha value is -2.48. The van der Waals surface area contributed by atoms with Crippen molar-refractivity contribution in [1.82, 2.24) is 19.7 Å². The van der Waals surface area contributed by atoms with Crippen LogP contribution in [0, 0.1) is 0 Å². The summed E-state index contributed by atoms with van der Waals surface area (Å²) in [5.74, 6) is 3.01. The van der Waals surface area contributed by atoms with E-state index in [4.69, 9.17) is 25.8 Å². The van der Waals surface area contributed by atoms with E-state index in [9.17, 15) is 0 Å². The van der Waals surface area contributed by atoms with Gasteiger partial charge in [0.15, 0.2) is 0 Å². The van der Waals surface area contributed by atoms with E-state index in [0.29, 0.717) is 31.4 Å². The normalized spacial score (nSPS) is 22.3. The van der Waals surface area contributed by atoms with Gasteiger partial charge in [0.25, 0.3) is 0 Å². The molecule has 1 aliphatic heterocycles. The fourth-order valence-corrected chi connectivity index (χ4v) is 5.08. The average molecular weight is 469 g/mol. The second kappa shape index (κ2) is 10.2. The lowest BCUT2D eigenvalue weighted by Gasteiger charge is -2.28. The summed E-state index contributed by atoms with van der Waals surface area (Å²) >= 11 is 6.36. The minimum absolute atomic E-state index is 0.0122. The Morgan fingerprint density at radius 2 is 1.88 bits per heavy atom. The second-order valence-electron chi connectivity index (χ2n) is 8.74. The summed E-state index contributed by atoms with van der Waals surface area (Å²) in [6.45, 7) is 1.12. The van der Waals surface area contributed by atoms with Gasteiger partial charge >= 0.3 is 0 Å². The summed E-state index contributed by atoms with van der Waals surface area (Å²) in [6, 6.07) is 11.8. The minimum Gasteiger partial charge on any atom is -0.474 e. The van der Waals surface area contributed by atoms with Crippen molar-refractivity contribution >= 4 is 11.6 Å². The summed E-state index contributed by atoms with van der Waals surface area (Å²) in [5.41, 5.74) is 2.27. The topological polar surface area (TPSA) is 71.3 Å². The lowest BCUT2D eigenvalue weighted by atomic mass is 9.86. The van der Waals surface area contributed by atoms with Gasteiger partial charge in [-0.15, -0.1) is 10.2 Å². The Labute approximate surface area is 199 Å². The number of hydrogen-bond donors (Lipinski definition) is 0. The van der Waals surface area contributed by atoms with Crippen LogP contribution in [0.25, 0.3) is 5.69 Å². The van der Waals surface area contributed by atoms with Gasteiger partial charge in [-0.25, -0.2) is 4.98 Å². The predicted octanol–water partition coefficient (Wildman–Crippen LogP) is 4.55. The fourth-order valence-electron chi connectivity index (χ4n) is 4.89. The van der Waals surface area contributed by atoms with Crippen LogP contribution < -0.4 is 4.74 Å². The summed E-state index contributed by atoms with van der Waals surface area (Å²) in [7, 11) is 1.69. The molecular weight excluding hydrogens is 440 g/mol. The molecule has 7 nitrogen and oxygen atoms in total. The van der Waals surface area contributed by atoms with Crippen molar-refractivity contribution < 1.29 is 14.2 Å². The molecule has 2 aliphatic rings. The Morgan fingerprint density at radius 1 is 1.00 bits per heavy atom. The largest absolute Gasteiger partial charge is 0.474 e. The number of benzene rings is 1. The number of pyridine rings is 1. The number of rotatable bonds is 7. The molecule has 0 amide bonds. The van der Waals surface area contributed by atoms with E-state index < -0.39 is 0 Å². The Bertz CT molecular complexity index is 1070. The van der Waals surface area contributed by atoms with Gasteiger partial charge in [-0.3, -0.25) is 4.57 Å². The monoisotopic (exact) mass is 468 g/mol. The molecule has 3 aromatic rings. The van der Waals surface area contributed by atoms with Crippen molar-refractivity contribution in [2.45, 2.75) is 56.7 Å². The third kappa shape index (κ3) is 5.05. The molecule has 0 bridgehead atoms. The predicted molar refractivity (Wildman–Crippen MR) is 125 cm³/mol. The quantitative estimate of drug-likeness (QED) is 0.474. The van der Waals surface area contributed by atoms with E-state index in [1.165, 1.54) is 0 Å². The van der Waals surface area contributed by atoms with E-state index in [1.807, 2.05) is 30.3 Å². The van der Waals surface area contributed by atoms with Crippen molar-refractivity contribution in [1.29, 1.82) is 0 Å². The van der Waals surface area contributed by atoms with Crippen LogP contribution in [0.1, 0.15) is 48.8 Å². The van der Waals surface area contributed by atoms with Gasteiger partial charge in [0.1, 0.15) is 17.8 Å². The Kier molecular flexibility index (Phi) is 6.90. The van der Waals surface area contributed by atoms with E-state index in [1.54, 1.807) is 13.3 Å². The van der Waals surface area contributed by atoms with Crippen molar-refractivity contribution in [2.75, 3.05) is 20.3 Å². The molecule has 1 saturated carbocycles. The average Bonchev–Trinajstić information content (AvgIpc) is 3.17. The highest BCUT2D eigenvalue weighted by Gasteiger charge is 2.32. The maximum absolute atomic E-state index is 6.36. The summed E-state index contributed by atoms with van der Waals surface area (Å²) in [5, 5.41) is 10.0. The highest BCUT2D eigenvalue weighted by Crippen LogP contribution is 2.37. The van der Waals surface area contributed by atoms with Gasteiger partial charge in [-0.05, 0) is 55.5 Å². The van der Waals surface area contributed by atoms with E-state index in [2.05, 4.69) is 25.8 Å². The maximum Gasteiger partial charge on any atom is 0.213 e. The van der Waals surface area contributed by atoms with E-state index in [-0.39, 0.29) is 12.2 Å². The van der Waals surface area contributed by atoms with E-state index >= 15 is 0 Å². The molecule has 2 aromatic heterocycles. The maximum atomic E-state index is 6.36. The number of methoxy groups -OCH3 is 1.